The lowest BCUT2D eigenvalue weighted by Gasteiger charge is -2.33. The third-order valence-corrected chi connectivity index (χ3v) is 3.23. The Morgan fingerprint density at radius 1 is 1.28 bits per heavy atom. The molecule has 0 radical (unpaired) electrons. The molecular weight excluding hydrogens is 224 g/mol. The third-order valence-electron chi connectivity index (χ3n) is 3.23. The van der Waals surface area contributed by atoms with Crippen molar-refractivity contribution in [1.29, 1.82) is 0 Å². The molecule has 2 atom stereocenters. The van der Waals surface area contributed by atoms with E-state index in [0.717, 1.165) is 18.4 Å². The zero-order valence-corrected chi connectivity index (χ0v) is 12.2. The molecule has 1 rings (SSSR count). The number of aliphatic hydroxyl groups is 1. The van der Waals surface area contributed by atoms with Gasteiger partial charge >= 0.3 is 0 Å². The van der Waals surface area contributed by atoms with Crippen molar-refractivity contribution in [3.8, 4) is 0 Å². The molecule has 1 N–H and O–H groups in total. The Bertz CT molecular complexity index is 366. The van der Waals surface area contributed by atoms with E-state index in [-0.39, 0.29) is 11.5 Å². The van der Waals surface area contributed by atoms with Crippen molar-refractivity contribution >= 4 is 0 Å². The van der Waals surface area contributed by atoms with E-state index >= 15 is 0 Å². The van der Waals surface area contributed by atoms with Crippen molar-refractivity contribution in [3.63, 3.8) is 0 Å². The molecule has 0 aliphatic heterocycles. The van der Waals surface area contributed by atoms with Gasteiger partial charge in [-0.25, -0.2) is 0 Å². The number of hydrogen-bond donors (Lipinski definition) is 1. The number of methoxy groups -OCH3 is 1. The molecule has 18 heavy (non-hydrogen) atoms. The molecule has 2 unspecified atom stereocenters. The van der Waals surface area contributed by atoms with Gasteiger partial charge < -0.3 is 9.84 Å². The van der Waals surface area contributed by atoms with Crippen LogP contribution in [0.5, 0.6) is 0 Å². The second kappa shape index (κ2) is 6.35. The van der Waals surface area contributed by atoms with Gasteiger partial charge in [0.2, 0.25) is 0 Å². The van der Waals surface area contributed by atoms with Crippen LogP contribution in [0.25, 0.3) is 0 Å². The number of hydrogen-bond acceptors (Lipinski definition) is 2. The van der Waals surface area contributed by atoms with Crippen LogP contribution in [0.4, 0.5) is 0 Å². The smallest absolute Gasteiger partial charge is 0.106 e. The van der Waals surface area contributed by atoms with E-state index in [1.54, 1.807) is 7.11 Å². The van der Waals surface area contributed by atoms with Gasteiger partial charge in [0.1, 0.15) is 6.10 Å². The van der Waals surface area contributed by atoms with Gasteiger partial charge in [-0.2, -0.15) is 0 Å². The fraction of sp³-hybridized carbons (Fsp3) is 0.625. The van der Waals surface area contributed by atoms with Crippen molar-refractivity contribution in [1.82, 2.24) is 0 Å². The summed E-state index contributed by atoms with van der Waals surface area (Å²) < 4.78 is 5.48. The Balaban J connectivity index is 2.94. The Kier molecular flexibility index (Phi) is 5.36. The lowest BCUT2D eigenvalue weighted by Crippen LogP contribution is -2.34. The quantitative estimate of drug-likeness (QED) is 0.862. The van der Waals surface area contributed by atoms with Gasteiger partial charge in [-0.05, 0) is 23.0 Å². The highest BCUT2D eigenvalue weighted by Crippen LogP contribution is 2.32. The second-order valence-electron chi connectivity index (χ2n) is 5.96. The second-order valence-corrected chi connectivity index (χ2v) is 5.96. The largest absolute Gasteiger partial charge is 0.386 e. The van der Waals surface area contributed by atoms with Gasteiger partial charge in [0.15, 0.2) is 0 Å². The first-order chi connectivity index (χ1) is 8.40. The normalized spacial score (nSPS) is 15.4. The molecule has 1 aromatic carbocycles. The molecular formula is C16H26O2. The van der Waals surface area contributed by atoms with Gasteiger partial charge in [0.25, 0.3) is 0 Å². The summed E-state index contributed by atoms with van der Waals surface area (Å²) in [4.78, 5) is 0. The average molecular weight is 250 g/mol. The number of rotatable bonds is 5. The molecule has 102 valence electrons. The summed E-state index contributed by atoms with van der Waals surface area (Å²) >= 11 is 0. The van der Waals surface area contributed by atoms with Gasteiger partial charge in [0.05, 0.1) is 6.10 Å². The molecule has 2 nitrogen and oxygen atoms in total. The van der Waals surface area contributed by atoms with Crippen molar-refractivity contribution in [2.24, 2.45) is 5.41 Å². The summed E-state index contributed by atoms with van der Waals surface area (Å²) in [5.74, 6) is 0. The summed E-state index contributed by atoms with van der Waals surface area (Å²) in [6, 6.07) is 8.19. The molecule has 0 saturated heterocycles. The molecule has 0 spiro atoms. The summed E-state index contributed by atoms with van der Waals surface area (Å²) in [5.41, 5.74) is 2.13. The summed E-state index contributed by atoms with van der Waals surface area (Å²) in [6.07, 6.45) is 1.39. The first-order valence-electron chi connectivity index (χ1n) is 6.69. The number of ether oxygens (including phenoxy) is 1. The Morgan fingerprint density at radius 3 is 2.44 bits per heavy atom. The summed E-state index contributed by atoms with van der Waals surface area (Å²) in [6.45, 7) is 8.41. The monoisotopic (exact) mass is 250 g/mol. The van der Waals surface area contributed by atoms with Gasteiger partial charge in [0, 0.05) is 7.11 Å². The first-order valence-corrected chi connectivity index (χ1v) is 6.69. The van der Waals surface area contributed by atoms with E-state index < -0.39 is 6.10 Å². The zero-order chi connectivity index (χ0) is 13.8. The maximum atomic E-state index is 10.5. The van der Waals surface area contributed by atoms with Crippen LogP contribution in [0.15, 0.2) is 24.3 Å². The predicted octanol–water partition coefficient (Wildman–Crippen LogP) is 3.73. The van der Waals surface area contributed by atoms with Crippen LogP contribution < -0.4 is 0 Å². The van der Waals surface area contributed by atoms with Crippen LogP contribution in [0.2, 0.25) is 0 Å². The lowest BCUT2D eigenvalue weighted by molar-refractivity contribution is -0.0724. The van der Waals surface area contributed by atoms with E-state index in [0.29, 0.717) is 0 Å². The highest BCUT2D eigenvalue weighted by Gasteiger charge is 2.32. The SMILES string of the molecule is CCCc1cccc(C(O)C(OC)C(C)(C)C)c1. The van der Waals surface area contributed by atoms with Crippen LogP contribution in [-0.2, 0) is 11.2 Å². The van der Waals surface area contributed by atoms with Crippen LogP contribution in [0.3, 0.4) is 0 Å². The number of aryl methyl sites for hydroxylation is 1. The molecule has 0 heterocycles. The number of aliphatic hydroxyl groups excluding tert-OH is 1. The third kappa shape index (κ3) is 3.82. The van der Waals surface area contributed by atoms with Crippen molar-refractivity contribution in [2.75, 3.05) is 7.11 Å². The minimum Gasteiger partial charge on any atom is -0.386 e. The highest BCUT2D eigenvalue weighted by atomic mass is 16.5. The van der Waals surface area contributed by atoms with Gasteiger partial charge in [-0.1, -0.05) is 58.4 Å². The van der Waals surface area contributed by atoms with Crippen molar-refractivity contribution in [2.45, 2.75) is 52.7 Å². The van der Waals surface area contributed by atoms with Crippen molar-refractivity contribution in [3.05, 3.63) is 35.4 Å². The van der Waals surface area contributed by atoms with Crippen LogP contribution in [-0.4, -0.2) is 18.3 Å². The molecule has 0 aromatic heterocycles. The molecule has 0 amide bonds. The average Bonchev–Trinajstić information content (AvgIpc) is 2.28. The molecule has 0 aliphatic carbocycles. The zero-order valence-electron chi connectivity index (χ0n) is 12.2. The summed E-state index contributed by atoms with van der Waals surface area (Å²) in [5, 5.41) is 10.5. The fourth-order valence-corrected chi connectivity index (χ4v) is 2.35. The Labute approximate surface area is 111 Å². The van der Waals surface area contributed by atoms with Crippen LogP contribution >= 0.6 is 0 Å². The number of benzene rings is 1. The molecule has 0 fully saturated rings. The molecule has 2 heteroatoms. The minimum absolute atomic E-state index is 0.0884. The maximum Gasteiger partial charge on any atom is 0.106 e. The standard InChI is InChI=1S/C16H26O2/c1-6-8-12-9-7-10-13(11-12)14(17)15(18-5)16(2,3)4/h7,9-11,14-15,17H,6,8H2,1-5H3. The topological polar surface area (TPSA) is 29.5 Å². The lowest BCUT2D eigenvalue weighted by atomic mass is 9.83. The minimum atomic E-state index is -0.577. The first kappa shape index (κ1) is 15.2. The molecule has 0 bridgehead atoms. The Morgan fingerprint density at radius 2 is 1.94 bits per heavy atom. The van der Waals surface area contributed by atoms with E-state index in [1.165, 1.54) is 5.56 Å². The highest BCUT2D eigenvalue weighted by molar-refractivity contribution is 5.26. The fourth-order valence-electron chi connectivity index (χ4n) is 2.35. The molecule has 0 aliphatic rings. The van der Waals surface area contributed by atoms with E-state index in [9.17, 15) is 5.11 Å². The van der Waals surface area contributed by atoms with Crippen molar-refractivity contribution < 1.29 is 9.84 Å². The van der Waals surface area contributed by atoms with Gasteiger partial charge in [-0.3, -0.25) is 0 Å². The van der Waals surface area contributed by atoms with Crippen LogP contribution in [0, 0.1) is 5.41 Å². The Hall–Kier alpha value is -0.860. The predicted molar refractivity (Wildman–Crippen MR) is 75.6 cm³/mol. The van der Waals surface area contributed by atoms with Gasteiger partial charge in [-0.15, -0.1) is 0 Å². The van der Waals surface area contributed by atoms with E-state index in [4.69, 9.17) is 4.74 Å². The van der Waals surface area contributed by atoms with E-state index in [2.05, 4.69) is 39.8 Å². The summed E-state index contributed by atoms with van der Waals surface area (Å²) in [7, 11) is 1.66. The maximum absolute atomic E-state index is 10.5. The molecule has 0 saturated carbocycles. The van der Waals surface area contributed by atoms with Crippen LogP contribution in [0.1, 0.15) is 51.3 Å². The van der Waals surface area contributed by atoms with E-state index in [1.807, 2.05) is 12.1 Å². The molecule has 1 aromatic rings.